The molecule has 6 heteroatoms. The largest absolute Gasteiger partial charge is 0.381 e. The summed E-state index contributed by atoms with van der Waals surface area (Å²) in [6, 6.07) is 0.788. The second-order valence-corrected chi connectivity index (χ2v) is 3.95. The van der Waals surface area contributed by atoms with Gasteiger partial charge in [0.25, 0.3) is 0 Å². The Morgan fingerprint density at radius 2 is 1.81 bits per heavy atom. The summed E-state index contributed by atoms with van der Waals surface area (Å²) < 4.78 is 26.4. The molecule has 2 rings (SSSR count). The quantitative estimate of drug-likeness (QED) is 0.768. The van der Waals surface area contributed by atoms with Crippen LogP contribution in [0.5, 0.6) is 0 Å². The monoisotopic (exact) mass is 228 g/mol. The standard InChI is InChI=1S/C10H14F2N4/c1-15-2-4-16(5-3-15)10-8(12)6-7(11)9(13)14-10/h6H,2-5H2,1H3,(H2,13,14). The Kier molecular flexibility index (Phi) is 2.91. The highest BCUT2D eigenvalue weighted by atomic mass is 19.1. The summed E-state index contributed by atoms with van der Waals surface area (Å²) in [4.78, 5) is 7.68. The third kappa shape index (κ3) is 2.06. The van der Waals surface area contributed by atoms with Crippen molar-refractivity contribution >= 4 is 11.6 Å². The predicted octanol–water partition coefficient (Wildman–Crippen LogP) is 0.694. The highest BCUT2D eigenvalue weighted by Gasteiger charge is 2.20. The van der Waals surface area contributed by atoms with Gasteiger partial charge in [-0.1, -0.05) is 0 Å². The zero-order valence-corrected chi connectivity index (χ0v) is 9.08. The van der Waals surface area contributed by atoms with Gasteiger partial charge < -0.3 is 15.5 Å². The van der Waals surface area contributed by atoms with E-state index in [2.05, 4.69) is 9.88 Å². The highest BCUT2D eigenvalue weighted by Crippen LogP contribution is 2.21. The van der Waals surface area contributed by atoms with Gasteiger partial charge in [-0.3, -0.25) is 0 Å². The van der Waals surface area contributed by atoms with Gasteiger partial charge in [0.05, 0.1) is 0 Å². The maximum atomic E-state index is 13.5. The van der Waals surface area contributed by atoms with E-state index in [-0.39, 0.29) is 11.6 Å². The van der Waals surface area contributed by atoms with Crippen molar-refractivity contribution < 1.29 is 8.78 Å². The molecule has 1 aliphatic heterocycles. The van der Waals surface area contributed by atoms with Crippen LogP contribution < -0.4 is 10.6 Å². The molecule has 0 atom stereocenters. The van der Waals surface area contributed by atoms with Crippen molar-refractivity contribution in [1.29, 1.82) is 0 Å². The van der Waals surface area contributed by atoms with E-state index >= 15 is 0 Å². The average molecular weight is 228 g/mol. The fourth-order valence-electron chi connectivity index (χ4n) is 1.71. The summed E-state index contributed by atoms with van der Waals surface area (Å²) >= 11 is 0. The number of nitrogen functional groups attached to an aromatic ring is 1. The third-order valence-electron chi connectivity index (χ3n) is 2.74. The maximum Gasteiger partial charge on any atom is 0.168 e. The van der Waals surface area contributed by atoms with Crippen LogP contribution in [0.25, 0.3) is 0 Å². The Bertz CT molecular complexity index is 389. The number of halogens is 2. The van der Waals surface area contributed by atoms with Crippen molar-refractivity contribution in [3.63, 3.8) is 0 Å². The molecule has 0 bridgehead atoms. The number of aromatic nitrogens is 1. The van der Waals surface area contributed by atoms with Gasteiger partial charge in [0, 0.05) is 32.2 Å². The number of pyridine rings is 1. The van der Waals surface area contributed by atoms with E-state index in [1.165, 1.54) is 0 Å². The van der Waals surface area contributed by atoms with Crippen LogP contribution in [0.3, 0.4) is 0 Å². The Morgan fingerprint density at radius 1 is 1.19 bits per heavy atom. The summed E-state index contributed by atoms with van der Waals surface area (Å²) in [5.74, 6) is -1.58. The van der Waals surface area contributed by atoms with Gasteiger partial charge >= 0.3 is 0 Å². The molecule has 1 aromatic heterocycles. The minimum absolute atomic E-state index is 0.145. The molecular formula is C10H14F2N4. The number of hydrogen-bond acceptors (Lipinski definition) is 4. The third-order valence-corrected chi connectivity index (χ3v) is 2.74. The lowest BCUT2D eigenvalue weighted by atomic mass is 10.3. The zero-order chi connectivity index (χ0) is 11.7. The first-order chi connectivity index (χ1) is 7.58. The molecule has 0 radical (unpaired) electrons. The van der Waals surface area contributed by atoms with Gasteiger partial charge in [-0.05, 0) is 7.05 Å². The molecule has 88 valence electrons. The van der Waals surface area contributed by atoms with Crippen LogP contribution in [-0.4, -0.2) is 43.1 Å². The highest BCUT2D eigenvalue weighted by molar-refractivity contribution is 5.47. The lowest BCUT2D eigenvalue weighted by Gasteiger charge is -2.33. The lowest BCUT2D eigenvalue weighted by Crippen LogP contribution is -2.45. The molecule has 1 saturated heterocycles. The molecule has 0 aliphatic carbocycles. The van der Waals surface area contributed by atoms with E-state index in [9.17, 15) is 8.78 Å². The van der Waals surface area contributed by atoms with Gasteiger partial charge in [-0.2, -0.15) is 0 Å². The van der Waals surface area contributed by atoms with Gasteiger partial charge in [0.15, 0.2) is 23.3 Å². The van der Waals surface area contributed by atoms with Gasteiger partial charge in [-0.25, -0.2) is 13.8 Å². The van der Waals surface area contributed by atoms with E-state index in [1.807, 2.05) is 7.05 Å². The second-order valence-electron chi connectivity index (χ2n) is 3.95. The number of rotatable bonds is 1. The molecule has 1 aromatic rings. The van der Waals surface area contributed by atoms with Crippen LogP contribution in [0.15, 0.2) is 6.07 Å². The van der Waals surface area contributed by atoms with Gasteiger partial charge in [0.2, 0.25) is 0 Å². The molecule has 2 heterocycles. The molecule has 1 aliphatic rings. The van der Waals surface area contributed by atoms with Crippen molar-refractivity contribution in [3.05, 3.63) is 17.7 Å². The maximum absolute atomic E-state index is 13.5. The number of anilines is 2. The Hall–Kier alpha value is -1.43. The first-order valence-corrected chi connectivity index (χ1v) is 5.13. The Morgan fingerprint density at radius 3 is 2.44 bits per heavy atom. The minimum atomic E-state index is -0.810. The molecule has 4 nitrogen and oxygen atoms in total. The van der Waals surface area contributed by atoms with Gasteiger partial charge in [0.1, 0.15) is 0 Å². The molecule has 16 heavy (non-hydrogen) atoms. The number of likely N-dealkylation sites (N-methyl/N-ethyl adjacent to an activating group) is 1. The fraction of sp³-hybridized carbons (Fsp3) is 0.500. The predicted molar refractivity (Wildman–Crippen MR) is 58.3 cm³/mol. The van der Waals surface area contributed by atoms with E-state index in [0.717, 1.165) is 19.2 Å². The van der Waals surface area contributed by atoms with Crippen molar-refractivity contribution in [1.82, 2.24) is 9.88 Å². The molecule has 0 saturated carbocycles. The van der Waals surface area contributed by atoms with Crippen LogP contribution in [0.2, 0.25) is 0 Å². The van der Waals surface area contributed by atoms with Crippen LogP contribution >= 0.6 is 0 Å². The van der Waals surface area contributed by atoms with Crippen molar-refractivity contribution in [3.8, 4) is 0 Å². The van der Waals surface area contributed by atoms with Crippen LogP contribution in [0.1, 0.15) is 0 Å². The number of nitrogens with zero attached hydrogens (tertiary/aromatic N) is 3. The minimum Gasteiger partial charge on any atom is -0.381 e. The smallest absolute Gasteiger partial charge is 0.168 e. The zero-order valence-electron chi connectivity index (χ0n) is 9.08. The SMILES string of the molecule is CN1CCN(c2nc(N)c(F)cc2F)CC1. The van der Waals surface area contributed by atoms with E-state index in [0.29, 0.717) is 13.1 Å². The number of nitrogens with two attached hydrogens (primary N) is 1. The van der Waals surface area contributed by atoms with E-state index in [4.69, 9.17) is 5.73 Å². The molecule has 0 unspecified atom stereocenters. The lowest BCUT2D eigenvalue weighted by molar-refractivity contribution is 0.310. The van der Waals surface area contributed by atoms with E-state index in [1.54, 1.807) is 4.90 Å². The summed E-state index contributed by atoms with van der Waals surface area (Å²) in [6.07, 6.45) is 0. The molecule has 1 fully saturated rings. The topological polar surface area (TPSA) is 45.4 Å². The molecule has 0 amide bonds. The van der Waals surface area contributed by atoms with Crippen LogP contribution in [-0.2, 0) is 0 Å². The first-order valence-electron chi connectivity index (χ1n) is 5.13. The first kappa shape index (κ1) is 11.1. The number of hydrogen-bond donors (Lipinski definition) is 1. The molecule has 0 aromatic carbocycles. The summed E-state index contributed by atoms with van der Waals surface area (Å²) in [5, 5.41) is 0. The Labute approximate surface area is 92.7 Å². The number of piperazine rings is 1. The van der Waals surface area contributed by atoms with E-state index < -0.39 is 11.6 Å². The molecule has 2 N–H and O–H groups in total. The summed E-state index contributed by atoms with van der Waals surface area (Å²) in [5.41, 5.74) is 5.33. The van der Waals surface area contributed by atoms with Gasteiger partial charge in [-0.15, -0.1) is 0 Å². The fourth-order valence-corrected chi connectivity index (χ4v) is 1.71. The summed E-state index contributed by atoms with van der Waals surface area (Å²) in [7, 11) is 2.00. The normalized spacial score (nSPS) is 17.8. The van der Waals surface area contributed by atoms with Crippen LogP contribution in [0, 0.1) is 11.6 Å². The van der Waals surface area contributed by atoms with Crippen LogP contribution in [0.4, 0.5) is 20.4 Å². The molecule has 0 spiro atoms. The molecular weight excluding hydrogens is 214 g/mol. The average Bonchev–Trinajstić information content (AvgIpc) is 2.25. The van der Waals surface area contributed by atoms with Crippen molar-refractivity contribution in [2.45, 2.75) is 0 Å². The van der Waals surface area contributed by atoms with Crippen molar-refractivity contribution in [2.24, 2.45) is 0 Å². The summed E-state index contributed by atoms with van der Waals surface area (Å²) in [6.45, 7) is 3.01. The second kappa shape index (κ2) is 4.21. The Balaban J connectivity index is 2.23. The van der Waals surface area contributed by atoms with Crippen molar-refractivity contribution in [2.75, 3.05) is 43.9 Å².